The zero-order valence-electron chi connectivity index (χ0n) is 11.0. The highest BCUT2D eigenvalue weighted by Gasteiger charge is 2.24. The summed E-state index contributed by atoms with van der Waals surface area (Å²) in [6, 6.07) is -0.894. The summed E-state index contributed by atoms with van der Waals surface area (Å²) in [5, 5.41) is 11.2. The SMILES string of the molecule is CC(C)C[C@H](NC(=O)OC(C)(C)C)[13C](=O)O.O. The van der Waals surface area contributed by atoms with Crippen molar-refractivity contribution in [2.75, 3.05) is 0 Å². The zero-order chi connectivity index (χ0) is 12.9. The first kappa shape index (κ1) is 18.1. The highest BCUT2D eigenvalue weighted by molar-refractivity contribution is 5.79. The van der Waals surface area contributed by atoms with Crippen molar-refractivity contribution in [1.29, 1.82) is 0 Å². The Bertz CT molecular complexity index is 257. The molecule has 17 heavy (non-hydrogen) atoms. The number of hydrogen-bond donors (Lipinski definition) is 2. The number of carboxylic acid groups (broad SMARTS) is 1. The Morgan fingerprint density at radius 1 is 1.29 bits per heavy atom. The minimum absolute atomic E-state index is 0. The van der Waals surface area contributed by atoms with E-state index in [0.29, 0.717) is 6.42 Å². The summed E-state index contributed by atoms with van der Waals surface area (Å²) in [4.78, 5) is 22.2. The second-order valence-corrected chi connectivity index (χ2v) is 5.17. The molecule has 0 unspecified atom stereocenters. The molecule has 0 aliphatic heterocycles. The molecule has 1 atom stereocenters. The van der Waals surface area contributed by atoms with Crippen LogP contribution in [0.5, 0.6) is 0 Å². The van der Waals surface area contributed by atoms with Gasteiger partial charge in [-0.25, -0.2) is 9.59 Å². The van der Waals surface area contributed by atoms with Crippen LogP contribution in [0.1, 0.15) is 41.0 Å². The van der Waals surface area contributed by atoms with Gasteiger partial charge in [0, 0.05) is 0 Å². The normalized spacial score (nSPS) is 12.6. The summed E-state index contributed by atoms with van der Waals surface area (Å²) in [5.41, 5.74) is -0.620. The molecule has 102 valence electrons. The number of alkyl carbamates (subject to hydrolysis) is 1. The van der Waals surface area contributed by atoms with E-state index < -0.39 is 23.7 Å². The Morgan fingerprint density at radius 2 is 1.76 bits per heavy atom. The summed E-state index contributed by atoms with van der Waals surface area (Å²) in [6.07, 6.45) is -0.310. The van der Waals surface area contributed by atoms with Crippen LogP contribution in [0, 0.1) is 5.92 Å². The van der Waals surface area contributed by atoms with Gasteiger partial charge in [0.2, 0.25) is 0 Å². The lowest BCUT2D eigenvalue weighted by Gasteiger charge is -2.22. The van der Waals surface area contributed by atoms with E-state index in [2.05, 4.69) is 5.32 Å². The van der Waals surface area contributed by atoms with Gasteiger partial charge in [0.05, 0.1) is 0 Å². The van der Waals surface area contributed by atoms with Gasteiger partial charge in [-0.2, -0.15) is 0 Å². The third kappa shape index (κ3) is 9.62. The molecule has 0 aromatic heterocycles. The number of amides is 1. The van der Waals surface area contributed by atoms with Gasteiger partial charge in [0.1, 0.15) is 11.6 Å². The van der Waals surface area contributed by atoms with Crippen LogP contribution < -0.4 is 5.32 Å². The van der Waals surface area contributed by atoms with Gasteiger partial charge in [-0.15, -0.1) is 0 Å². The van der Waals surface area contributed by atoms with E-state index in [1.165, 1.54) is 0 Å². The molecule has 0 saturated heterocycles. The van der Waals surface area contributed by atoms with E-state index in [1.54, 1.807) is 20.8 Å². The summed E-state index contributed by atoms with van der Waals surface area (Å²) >= 11 is 0. The van der Waals surface area contributed by atoms with Crippen molar-refractivity contribution < 1.29 is 24.9 Å². The predicted octanol–water partition coefficient (Wildman–Crippen LogP) is 1.19. The van der Waals surface area contributed by atoms with Crippen molar-refractivity contribution in [3.8, 4) is 0 Å². The molecule has 6 heteroatoms. The molecule has 0 aromatic rings. The molecule has 0 heterocycles. The topological polar surface area (TPSA) is 107 Å². The van der Waals surface area contributed by atoms with Crippen molar-refractivity contribution in [1.82, 2.24) is 5.32 Å². The fourth-order valence-electron chi connectivity index (χ4n) is 1.14. The lowest BCUT2D eigenvalue weighted by atomic mass is 10.1. The summed E-state index contributed by atoms with van der Waals surface area (Å²) in [5.74, 6) is -0.851. The fraction of sp³-hybridized carbons (Fsp3) is 0.818. The number of aliphatic carboxylic acids is 1. The molecule has 0 fully saturated rings. The Labute approximate surface area is 102 Å². The second kappa shape index (κ2) is 7.11. The molecule has 0 saturated carbocycles. The molecule has 0 radical (unpaired) electrons. The van der Waals surface area contributed by atoms with Crippen LogP contribution in [-0.2, 0) is 9.53 Å². The van der Waals surface area contributed by atoms with Gasteiger partial charge in [-0.05, 0) is 33.1 Å². The standard InChI is InChI=1S/C11H21NO4.H2O/c1-7(2)6-8(9(13)14)12-10(15)16-11(3,4)5;/h7-8H,6H2,1-5H3,(H,12,15)(H,13,14);1H2/t8-;/m0./s1/i9+1;. The van der Waals surface area contributed by atoms with Crippen LogP contribution in [-0.4, -0.2) is 34.3 Å². The minimum atomic E-state index is -1.04. The van der Waals surface area contributed by atoms with E-state index in [0.717, 1.165) is 0 Å². The first-order valence-electron chi connectivity index (χ1n) is 5.34. The number of carbonyl (C=O) groups is 2. The fourth-order valence-corrected chi connectivity index (χ4v) is 1.14. The predicted molar refractivity (Wildman–Crippen MR) is 63.9 cm³/mol. The van der Waals surface area contributed by atoms with Crippen LogP contribution in [0.3, 0.4) is 0 Å². The minimum Gasteiger partial charge on any atom is -0.480 e. The molecule has 6 nitrogen and oxygen atoms in total. The van der Waals surface area contributed by atoms with Crippen molar-refractivity contribution in [2.24, 2.45) is 5.92 Å². The largest absolute Gasteiger partial charge is 0.480 e. The molecular formula is C11H23NO5. The van der Waals surface area contributed by atoms with Crippen LogP contribution in [0.25, 0.3) is 0 Å². The smallest absolute Gasteiger partial charge is 0.408 e. The van der Waals surface area contributed by atoms with E-state index in [-0.39, 0.29) is 11.4 Å². The summed E-state index contributed by atoms with van der Waals surface area (Å²) in [6.45, 7) is 8.97. The number of nitrogens with one attached hydrogen (secondary N) is 1. The number of carboxylic acids is 1. The average Bonchev–Trinajstić information content (AvgIpc) is 1.97. The molecule has 0 spiro atoms. The first-order valence-corrected chi connectivity index (χ1v) is 5.34. The van der Waals surface area contributed by atoms with Crippen LogP contribution in [0.4, 0.5) is 4.79 Å². The lowest BCUT2D eigenvalue weighted by Crippen LogP contribution is -2.44. The van der Waals surface area contributed by atoms with Gasteiger partial charge in [0.25, 0.3) is 0 Å². The van der Waals surface area contributed by atoms with Gasteiger partial charge in [-0.3, -0.25) is 0 Å². The maximum Gasteiger partial charge on any atom is 0.408 e. The van der Waals surface area contributed by atoms with E-state index in [9.17, 15) is 9.59 Å². The molecule has 4 N–H and O–H groups in total. The van der Waals surface area contributed by atoms with Crippen LogP contribution >= 0.6 is 0 Å². The van der Waals surface area contributed by atoms with E-state index in [1.807, 2.05) is 13.8 Å². The number of carbonyl (C=O) groups excluding carboxylic acids is 1. The Kier molecular flexibility index (Phi) is 7.56. The molecule has 0 aromatic carbocycles. The highest BCUT2D eigenvalue weighted by Crippen LogP contribution is 2.09. The van der Waals surface area contributed by atoms with Crippen LogP contribution in [0.15, 0.2) is 0 Å². The van der Waals surface area contributed by atoms with Gasteiger partial charge in [0.15, 0.2) is 0 Å². The third-order valence-corrected chi connectivity index (χ3v) is 1.70. The molecule has 0 aliphatic rings. The zero-order valence-corrected chi connectivity index (χ0v) is 11.0. The Morgan fingerprint density at radius 3 is 2.06 bits per heavy atom. The summed E-state index contributed by atoms with van der Waals surface area (Å²) in [7, 11) is 0. The van der Waals surface area contributed by atoms with Crippen molar-refractivity contribution >= 4 is 12.1 Å². The molecule has 1 amide bonds. The Hall–Kier alpha value is -1.30. The van der Waals surface area contributed by atoms with Gasteiger partial charge in [-0.1, -0.05) is 13.8 Å². The molecule has 0 bridgehead atoms. The van der Waals surface area contributed by atoms with Crippen molar-refractivity contribution in [3.05, 3.63) is 0 Å². The van der Waals surface area contributed by atoms with Gasteiger partial charge < -0.3 is 20.6 Å². The first-order chi connectivity index (χ1) is 7.11. The van der Waals surface area contributed by atoms with E-state index in [4.69, 9.17) is 9.84 Å². The molecule has 0 aliphatic carbocycles. The van der Waals surface area contributed by atoms with E-state index >= 15 is 0 Å². The maximum absolute atomic E-state index is 11.4. The Balaban J connectivity index is 0. The average molecular weight is 250 g/mol. The van der Waals surface area contributed by atoms with Gasteiger partial charge >= 0.3 is 12.1 Å². The quantitative estimate of drug-likeness (QED) is 0.730. The molecule has 0 rings (SSSR count). The molecular weight excluding hydrogens is 227 g/mol. The number of hydrogen-bond acceptors (Lipinski definition) is 3. The van der Waals surface area contributed by atoms with Crippen molar-refractivity contribution in [3.63, 3.8) is 0 Å². The monoisotopic (exact) mass is 250 g/mol. The van der Waals surface area contributed by atoms with Crippen molar-refractivity contribution in [2.45, 2.75) is 52.7 Å². The summed E-state index contributed by atoms with van der Waals surface area (Å²) < 4.78 is 4.99. The van der Waals surface area contributed by atoms with Crippen LogP contribution in [0.2, 0.25) is 0 Å². The lowest BCUT2D eigenvalue weighted by molar-refractivity contribution is -0.139. The number of ether oxygens (including phenoxy) is 1. The highest BCUT2D eigenvalue weighted by atomic mass is 16.6. The second-order valence-electron chi connectivity index (χ2n) is 5.17. The maximum atomic E-state index is 11.4. The third-order valence-electron chi connectivity index (χ3n) is 1.70. The number of rotatable bonds is 4.